The molecule has 0 spiro atoms. The van der Waals surface area contributed by atoms with Crippen molar-refractivity contribution in [3.63, 3.8) is 0 Å². The largest absolute Gasteiger partial charge is 0.463 e. The van der Waals surface area contributed by atoms with Crippen LogP contribution >= 0.6 is 0 Å². The minimum atomic E-state index is -1.08. The fourth-order valence-corrected chi connectivity index (χ4v) is 10.6. The Labute approximate surface area is 693 Å². The minimum Gasteiger partial charge on any atom is -0.463 e. The maximum absolute atomic E-state index is 12.8. The lowest BCUT2D eigenvalue weighted by molar-refractivity contribution is -0.671. The van der Waals surface area contributed by atoms with Crippen LogP contribution in [0, 0.1) is 5.41 Å². The van der Waals surface area contributed by atoms with Crippen molar-refractivity contribution in [2.75, 3.05) is 139 Å². The molecule has 0 radical (unpaired) electrons. The van der Waals surface area contributed by atoms with Gasteiger partial charge in [-0.15, -0.1) is 0 Å². The highest BCUT2D eigenvalue weighted by Crippen LogP contribution is 2.25. The topological polar surface area (TPSA) is 468 Å². The fraction of sp³-hybridized carbons (Fsp3) is 0.600. The summed E-state index contributed by atoms with van der Waals surface area (Å²) in [6.45, 7) is -1.72. The SMILES string of the molecule is CCC(COCC(COCCOC(=O)CC(=O)NCn1cc[n+](C)c1)OCCOC(=O)CC(=O)NCn1cc[n+](C)c1)(COCC(COCCOC(=O)CC(=O)NCn1cc[n+](C)c1)OCCOC(=O)CC(=O)NCn1cc[n+](C)c1)COCC(COCCOC(=O)CC(=O)NCn1cc[n+](C)c1)OCCOC(=O)CC(=O)NCn1cc[n+](C)c1. The first-order chi connectivity index (χ1) is 57.7. The van der Waals surface area contributed by atoms with Crippen molar-refractivity contribution >= 4 is 71.3 Å². The van der Waals surface area contributed by atoms with Gasteiger partial charge in [-0.3, -0.25) is 57.5 Å². The molecule has 3 atom stereocenters. The number of hydrogen-bond donors (Lipinski definition) is 6. The van der Waals surface area contributed by atoms with E-state index in [1.54, 1.807) is 167 Å². The zero-order chi connectivity index (χ0) is 86.7. The van der Waals surface area contributed by atoms with Crippen LogP contribution in [0.5, 0.6) is 0 Å². The van der Waals surface area contributed by atoms with Crippen LogP contribution in [0.25, 0.3) is 0 Å². The molecule has 6 heterocycles. The molecule has 0 fully saturated rings. The molecule has 6 aromatic rings. The summed E-state index contributed by atoms with van der Waals surface area (Å²) >= 11 is 0. The van der Waals surface area contributed by atoms with E-state index < -0.39 is 134 Å². The Balaban J connectivity index is 1.14. The first-order valence-electron chi connectivity index (χ1n) is 38.7. The molecule has 3 unspecified atom stereocenters. The van der Waals surface area contributed by atoms with Crippen LogP contribution in [0.1, 0.15) is 51.9 Å². The monoisotopic (exact) mass is 1700 g/mol. The molecule has 0 saturated heterocycles. The molecule has 120 heavy (non-hydrogen) atoms. The third-order valence-electron chi connectivity index (χ3n) is 16.9. The predicted molar refractivity (Wildman–Crippen MR) is 403 cm³/mol. The van der Waals surface area contributed by atoms with E-state index in [1.807, 2.05) is 49.2 Å². The van der Waals surface area contributed by atoms with Gasteiger partial charge in [-0.25, -0.2) is 54.8 Å². The van der Waals surface area contributed by atoms with E-state index in [9.17, 15) is 57.5 Å². The molecule has 0 aromatic carbocycles. The van der Waals surface area contributed by atoms with Gasteiger partial charge in [0.1, 0.15) is 171 Å². The average Bonchev–Trinajstić information content (AvgIpc) is 1.46. The number of nitrogens with zero attached hydrogens (tertiary/aromatic N) is 12. The lowest BCUT2D eigenvalue weighted by Gasteiger charge is -2.34. The normalized spacial score (nSPS) is 12.4. The van der Waals surface area contributed by atoms with Crippen molar-refractivity contribution in [2.24, 2.45) is 47.7 Å². The van der Waals surface area contributed by atoms with Gasteiger partial charge in [0, 0.05) is 5.41 Å². The van der Waals surface area contributed by atoms with Gasteiger partial charge in [0.15, 0.2) is 40.0 Å². The smallest absolute Gasteiger partial charge is 0.315 e. The fourth-order valence-electron chi connectivity index (χ4n) is 10.6. The first-order valence-corrected chi connectivity index (χ1v) is 38.7. The maximum atomic E-state index is 12.8. The van der Waals surface area contributed by atoms with E-state index in [0.29, 0.717) is 0 Å². The highest BCUT2D eigenvalue weighted by Gasteiger charge is 2.33. The molecular formula is C75H116N18O27+6. The van der Waals surface area contributed by atoms with E-state index in [-0.39, 0.29) is 185 Å². The van der Waals surface area contributed by atoms with Crippen molar-refractivity contribution < 1.29 is 156 Å². The molecule has 6 amide bonds. The maximum Gasteiger partial charge on any atom is 0.315 e. The number of amides is 6. The van der Waals surface area contributed by atoms with E-state index in [2.05, 4.69) is 31.9 Å². The third kappa shape index (κ3) is 43.3. The molecule has 0 bridgehead atoms. The van der Waals surface area contributed by atoms with E-state index in [0.717, 1.165) is 0 Å². The summed E-state index contributed by atoms with van der Waals surface area (Å²) in [5.74, 6) is -8.35. The van der Waals surface area contributed by atoms with Crippen LogP contribution in [-0.4, -0.2) is 256 Å². The number of aryl methyl sites for hydroxylation is 6. The number of ether oxygens (including phenoxy) is 15. The van der Waals surface area contributed by atoms with Gasteiger partial charge in [0.05, 0.1) is 141 Å². The summed E-state index contributed by atoms with van der Waals surface area (Å²) in [6, 6.07) is 0. The van der Waals surface area contributed by atoms with Crippen LogP contribution < -0.4 is 59.3 Å². The van der Waals surface area contributed by atoms with Crippen LogP contribution in [0.4, 0.5) is 0 Å². The number of imidazole rings is 6. The van der Waals surface area contributed by atoms with Crippen LogP contribution in [0.3, 0.4) is 0 Å². The summed E-state index contributed by atoms with van der Waals surface area (Å²) in [5.41, 5.74) is -1.08. The summed E-state index contributed by atoms with van der Waals surface area (Å²) in [6.07, 6.45) is 25.7. The lowest BCUT2D eigenvalue weighted by atomic mass is 9.88. The molecule has 0 saturated carbocycles. The van der Waals surface area contributed by atoms with Crippen LogP contribution in [0.15, 0.2) is 112 Å². The summed E-state index contributed by atoms with van der Waals surface area (Å²) in [7, 11) is 10.9. The molecule has 6 rings (SSSR count). The number of rotatable bonds is 64. The second-order valence-electron chi connectivity index (χ2n) is 27.6. The Morgan fingerprint density at radius 3 is 0.633 bits per heavy atom. The molecular weight excluding hydrogens is 1580 g/mol. The van der Waals surface area contributed by atoms with Gasteiger partial charge >= 0.3 is 35.8 Å². The van der Waals surface area contributed by atoms with Crippen molar-refractivity contribution in [1.29, 1.82) is 0 Å². The van der Waals surface area contributed by atoms with Crippen LogP contribution in [0.2, 0.25) is 0 Å². The number of hydrogen-bond acceptors (Lipinski definition) is 27. The predicted octanol–water partition coefficient (Wildman–Crippen LogP) is -6.36. The molecule has 0 aliphatic carbocycles. The standard InChI is InChI=1S/C75H110N18O27/c1-8-75(45-109-42-60(112-27-30-118-72(103)36-66(97)79-51-91-18-12-85(5)57-91)39-106-21-24-115-69(100)33-63(94)76-48-88-15-9-82(2)54-88,46-110-43-61(113-28-31-119-73(104)37-67(98)80-52-92-19-13-86(6)58-92)40-107-22-25-116-70(101)34-64(95)77-49-89-16-10-83(3)55-89)47-111-44-62(114-29-32-120-74(105)38-68(99)81-53-93-20-14-87(7)59-93)41-108-23-26-117-71(102)35-65(96)78-50-90-17-11-84(4)56-90/h9-20,54-62H,8,21-53H2,1-7H3/p+6. The van der Waals surface area contributed by atoms with Gasteiger partial charge in [-0.2, -0.15) is 0 Å². The molecule has 45 nitrogen and oxygen atoms in total. The van der Waals surface area contributed by atoms with Crippen molar-refractivity contribution in [3.8, 4) is 0 Å². The summed E-state index contributed by atoms with van der Waals surface area (Å²) < 4.78 is 108. The average molecular weight is 1700 g/mol. The number of aromatic nitrogens is 12. The van der Waals surface area contributed by atoms with Gasteiger partial charge in [0.25, 0.3) is 0 Å². The number of carbonyl (C=O) groups excluding carboxylic acids is 12. The Hall–Kier alpha value is -11.5. The van der Waals surface area contributed by atoms with Crippen LogP contribution in [-0.2, 0) is 211 Å². The van der Waals surface area contributed by atoms with Gasteiger partial charge < -0.3 is 103 Å². The van der Waals surface area contributed by atoms with Gasteiger partial charge in [0.2, 0.25) is 73.4 Å². The quantitative estimate of drug-likeness (QED) is 0.00680. The molecule has 6 N–H and O–H groups in total. The molecule has 0 aliphatic rings. The molecule has 6 aromatic heterocycles. The minimum absolute atomic E-state index is 0.109. The van der Waals surface area contributed by atoms with Gasteiger partial charge in [-0.1, -0.05) is 6.92 Å². The van der Waals surface area contributed by atoms with Crippen molar-refractivity contribution in [3.05, 3.63) is 112 Å². The van der Waals surface area contributed by atoms with Crippen molar-refractivity contribution in [2.45, 2.75) is 110 Å². The molecule has 0 aliphatic heterocycles. The lowest BCUT2D eigenvalue weighted by Crippen LogP contribution is -2.41. The number of esters is 6. The van der Waals surface area contributed by atoms with Gasteiger partial charge in [-0.05, 0) is 6.42 Å². The second kappa shape index (κ2) is 55.3. The Bertz CT molecular complexity index is 3730. The molecule has 45 heteroatoms. The van der Waals surface area contributed by atoms with E-state index in [1.165, 1.54) is 0 Å². The van der Waals surface area contributed by atoms with Crippen molar-refractivity contribution in [1.82, 2.24) is 59.3 Å². The summed E-state index contributed by atoms with van der Waals surface area (Å²) in [4.78, 5) is 152. The Morgan fingerprint density at radius 2 is 0.458 bits per heavy atom. The highest BCUT2D eigenvalue weighted by molar-refractivity contribution is 5.96. The third-order valence-corrected chi connectivity index (χ3v) is 16.9. The number of carbonyl (C=O) groups is 12. The molecule has 662 valence electrons. The zero-order valence-electron chi connectivity index (χ0n) is 69.1. The Morgan fingerprint density at radius 1 is 0.275 bits per heavy atom. The second-order valence-corrected chi connectivity index (χ2v) is 27.6. The van der Waals surface area contributed by atoms with E-state index >= 15 is 0 Å². The summed E-state index contributed by atoms with van der Waals surface area (Å²) in [5, 5.41) is 15.8. The zero-order valence-corrected chi connectivity index (χ0v) is 69.1. The van der Waals surface area contributed by atoms with E-state index in [4.69, 9.17) is 71.1 Å². The first kappa shape index (κ1) is 97.4. The highest BCUT2D eigenvalue weighted by atomic mass is 16.6. The number of nitrogens with one attached hydrogen (secondary N) is 6. The Kier molecular flexibility index (Phi) is 44.9.